The Morgan fingerprint density at radius 3 is 2.65 bits per heavy atom. The third kappa shape index (κ3) is 8.63. The largest absolute Gasteiger partial charge is 1.00 e. The van der Waals surface area contributed by atoms with Crippen LogP contribution >= 0.6 is 0 Å². The molecule has 1 fully saturated rings. The van der Waals surface area contributed by atoms with Crippen LogP contribution in [0.2, 0.25) is 0 Å². The first-order chi connectivity index (χ1) is 12.0. The fourth-order valence-corrected chi connectivity index (χ4v) is 3.58. The molecule has 0 saturated heterocycles. The zero-order valence-electron chi connectivity index (χ0n) is 15.7. The van der Waals surface area contributed by atoms with Crippen LogP contribution in [-0.4, -0.2) is 22.5 Å². The molecule has 0 heterocycles. The number of hydrogen-bond donors (Lipinski definition) is 1. The number of carboxylic acids is 1. The van der Waals surface area contributed by atoms with Crippen molar-refractivity contribution >= 4 is 11.8 Å². The van der Waals surface area contributed by atoms with Crippen LogP contribution in [0.15, 0.2) is 42.5 Å². The van der Waals surface area contributed by atoms with Crippen LogP contribution in [0.4, 0.5) is 0 Å². The standard InChI is InChI=1S/C21H28O4.Na/c22-19(11-5-4-9-17-7-2-1-3-8-17)13-12-18-10-6-14-21(25,15-18)16-20(23)24;/h1-3,7-8,12-13,18,25H,4-6,9-11,14-16H2,(H,23,24);/q;+1/p-1/b13-12+;/t18-,21+;/m0./s1. The van der Waals surface area contributed by atoms with Crippen LogP contribution in [0.5, 0.6) is 0 Å². The molecule has 0 bridgehead atoms. The van der Waals surface area contributed by atoms with Gasteiger partial charge >= 0.3 is 29.6 Å². The number of benzene rings is 1. The summed E-state index contributed by atoms with van der Waals surface area (Å²) in [6, 6.07) is 10.2. The molecule has 0 aliphatic heterocycles. The van der Waals surface area contributed by atoms with E-state index in [4.69, 9.17) is 0 Å². The molecule has 1 aliphatic rings. The van der Waals surface area contributed by atoms with Crippen LogP contribution in [0.1, 0.15) is 56.9 Å². The average molecular weight is 366 g/mol. The van der Waals surface area contributed by atoms with Gasteiger partial charge in [-0.25, -0.2) is 0 Å². The number of aryl methyl sites for hydroxylation is 1. The molecule has 1 aromatic carbocycles. The van der Waals surface area contributed by atoms with E-state index in [1.807, 2.05) is 24.3 Å². The van der Waals surface area contributed by atoms with E-state index in [1.165, 1.54) is 5.56 Å². The van der Waals surface area contributed by atoms with Crippen molar-refractivity contribution in [3.05, 3.63) is 48.0 Å². The minimum absolute atomic E-state index is 0. The maximum atomic E-state index is 12.0. The minimum atomic E-state index is -1.22. The Balaban J connectivity index is 0.00000338. The molecule has 2 atom stereocenters. The molecule has 0 aromatic heterocycles. The van der Waals surface area contributed by atoms with Gasteiger partial charge in [0.1, 0.15) is 0 Å². The summed E-state index contributed by atoms with van der Waals surface area (Å²) in [6.07, 6.45) is 9.00. The molecule has 1 aromatic rings. The second-order valence-electron chi connectivity index (χ2n) is 7.15. The summed E-state index contributed by atoms with van der Waals surface area (Å²) in [7, 11) is 0. The van der Waals surface area contributed by atoms with E-state index < -0.39 is 11.6 Å². The first kappa shape index (κ1) is 23.1. The number of aliphatic hydroxyl groups is 1. The van der Waals surface area contributed by atoms with Gasteiger partial charge in [0.15, 0.2) is 5.78 Å². The van der Waals surface area contributed by atoms with Gasteiger partial charge < -0.3 is 15.0 Å². The van der Waals surface area contributed by atoms with E-state index in [-0.39, 0.29) is 47.7 Å². The smallest absolute Gasteiger partial charge is 0.550 e. The molecule has 1 saturated carbocycles. The van der Waals surface area contributed by atoms with Crippen LogP contribution in [-0.2, 0) is 16.0 Å². The van der Waals surface area contributed by atoms with E-state index in [0.717, 1.165) is 32.1 Å². The Morgan fingerprint density at radius 1 is 1.23 bits per heavy atom. The predicted octanol–water partition coefficient (Wildman–Crippen LogP) is -0.410. The predicted molar refractivity (Wildman–Crippen MR) is 94.7 cm³/mol. The van der Waals surface area contributed by atoms with Gasteiger partial charge in [-0.05, 0) is 62.5 Å². The molecule has 0 amide bonds. The molecule has 5 heteroatoms. The number of aliphatic carboxylic acids is 1. The van der Waals surface area contributed by atoms with Crippen LogP contribution < -0.4 is 34.7 Å². The number of carboxylic acid groups (broad SMARTS) is 1. The SMILES string of the molecule is O=C([O-])C[C@@]1(O)CCC[C@@H](/C=C/C(=O)CCCCc2ccccc2)C1.[Na+]. The summed E-state index contributed by atoms with van der Waals surface area (Å²) in [5.74, 6) is -1.06. The number of carbonyl (C=O) groups excluding carboxylic acids is 2. The summed E-state index contributed by atoms with van der Waals surface area (Å²) in [4.78, 5) is 22.7. The topological polar surface area (TPSA) is 77.4 Å². The third-order valence-electron chi connectivity index (χ3n) is 4.87. The molecular weight excluding hydrogens is 339 g/mol. The van der Waals surface area contributed by atoms with Crippen molar-refractivity contribution in [1.82, 2.24) is 0 Å². The number of allylic oxidation sites excluding steroid dienone is 2. The summed E-state index contributed by atoms with van der Waals surface area (Å²) in [5.41, 5.74) is 0.102. The number of unbranched alkanes of at least 4 members (excludes halogenated alkanes) is 1. The van der Waals surface area contributed by atoms with Gasteiger partial charge in [-0.15, -0.1) is 0 Å². The quantitative estimate of drug-likeness (QED) is 0.366. The minimum Gasteiger partial charge on any atom is -0.550 e. The maximum absolute atomic E-state index is 12.0. The first-order valence-corrected chi connectivity index (χ1v) is 9.14. The third-order valence-corrected chi connectivity index (χ3v) is 4.87. The molecule has 26 heavy (non-hydrogen) atoms. The fourth-order valence-electron chi connectivity index (χ4n) is 3.58. The van der Waals surface area contributed by atoms with E-state index in [0.29, 0.717) is 19.3 Å². The number of hydrogen-bond acceptors (Lipinski definition) is 4. The number of carbonyl (C=O) groups is 2. The fraction of sp³-hybridized carbons (Fsp3) is 0.524. The molecule has 1 N–H and O–H groups in total. The first-order valence-electron chi connectivity index (χ1n) is 9.14. The van der Waals surface area contributed by atoms with Crippen molar-refractivity contribution in [3.8, 4) is 0 Å². The van der Waals surface area contributed by atoms with Crippen molar-refractivity contribution in [1.29, 1.82) is 0 Å². The van der Waals surface area contributed by atoms with E-state index in [1.54, 1.807) is 6.08 Å². The summed E-state index contributed by atoms with van der Waals surface area (Å²) >= 11 is 0. The zero-order chi connectivity index (χ0) is 18.1. The summed E-state index contributed by atoms with van der Waals surface area (Å²) < 4.78 is 0. The molecule has 136 valence electrons. The van der Waals surface area contributed by atoms with Crippen molar-refractivity contribution < 1.29 is 49.4 Å². The van der Waals surface area contributed by atoms with Gasteiger partial charge in [-0.1, -0.05) is 36.4 Å². The molecule has 0 radical (unpaired) electrons. The van der Waals surface area contributed by atoms with Crippen molar-refractivity contribution in [3.63, 3.8) is 0 Å². The summed E-state index contributed by atoms with van der Waals surface area (Å²) in [6.45, 7) is 0. The number of ketones is 1. The molecule has 2 rings (SSSR count). The average Bonchev–Trinajstić information content (AvgIpc) is 2.57. The van der Waals surface area contributed by atoms with E-state index in [2.05, 4.69) is 12.1 Å². The Kier molecular flexibility index (Phi) is 10.4. The van der Waals surface area contributed by atoms with Gasteiger partial charge in [0, 0.05) is 18.8 Å². The summed E-state index contributed by atoms with van der Waals surface area (Å²) in [5, 5.41) is 21.1. The van der Waals surface area contributed by atoms with E-state index >= 15 is 0 Å². The van der Waals surface area contributed by atoms with Gasteiger partial charge in [0.05, 0.1) is 5.60 Å². The Labute approximate surface area is 178 Å². The Morgan fingerprint density at radius 2 is 1.96 bits per heavy atom. The molecule has 4 nitrogen and oxygen atoms in total. The second kappa shape index (κ2) is 11.7. The van der Waals surface area contributed by atoms with Crippen LogP contribution in [0.3, 0.4) is 0 Å². The van der Waals surface area contributed by atoms with Crippen molar-refractivity contribution in [2.45, 2.75) is 63.4 Å². The molecular formula is C21H27NaO4. The number of rotatable bonds is 9. The Bertz CT molecular complexity index is 599. The van der Waals surface area contributed by atoms with Gasteiger partial charge in [-0.3, -0.25) is 4.79 Å². The van der Waals surface area contributed by atoms with Crippen LogP contribution in [0.25, 0.3) is 0 Å². The molecule has 1 aliphatic carbocycles. The molecule has 0 unspecified atom stereocenters. The van der Waals surface area contributed by atoms with Gasteiger partial charge in [-0.2, -0.15) is 0 Å². The normalized spacial score (nSPS) is 22.7. The van der Waals surface area contributed by atoms with Gasteiger partial charge in [0.25, 0.3) is 0 Å². The van der Waals surface area contributed by atoms with Crippen LogP contribution in [0, 0.1) is 5.92 Å². The maximum Gasteiger partial charge on any atom is 1.00 e. The van der Waals surface area contributed by atoms with Gasteiger partial charge in [0.2, 0.25) is 0 Å². The van der Waals surface area contributed by atoms with E-state index in [9.17, 15) is 19.8 Å². The van der Waals surface area contributed by atoms with Crippen molar-refractivity contribution in [2.24, 2.45) is 5.92 Å². The monoisotopic (exact) mass is 366 g/mol. The zero-order valence-corrected chi connectivity index (χ0v) is 17.7. The Hall–Kier alpha value is -0.940. The molecule has 0 spiro atoms. The van der Waals surface area contributed by atoms with Crippen molar-refractivity contribution in [2.75, 3.05) is 0 Å². The second-order valence-corrected chi connectivity index (χ2v) is 7.15.